The summed E-state index contributed by atoms with van der Waals surface area (Å²) in [6.07, 6.45) is -0.894. The van der Waals surface area contributed by atoms with Gasteiger partial charge in [0, 0.05) is 25.7 Å². The quantitative estimate of drug-likeness (QED) is 0.851. The Kier molecular flexibility index (Phi) is 4.93. The third kappa shape index (κ3) is 3.40. The first kappa shape index (κ1) is 15.5. The third-order valence-electron chi connectivity index (χ3n) is 3.39. The Morgan fingerprint density at radius 2 is 2.14 bits per heavy atom. The molecule has 5 nitrogen and oxygen atoms in total. The highest BCUT2D eigenvalue weighted by molar-refractivity contribution is 5.30. The number of nitrogens with zero attached hydrogens (tertiary/aromatic N) is 2. The van der Waals surface area contributed by atoms with Gasteiger partial charge in [-0.3, -0.25) is 0 Å². The van der Waals surface area contributed by atoms with Crippen molar-refractivity contribution in [2.75, 3.05) is 13.7 Å². The summed E-state index contributed by atoms with van der Waals surface area (Å²) in [5.41, 5.74) is 2.09. The van der Waals surface area contributed by atoms with Crippen LogP contribution in [0.15, 0.2) is 24.3 Å². The number of hydrogen-bond acceptors (Lipinski definition) is 4. The molecule has 2 N–H and O–H groups in total. The van der Waals surface area contributed by atoms with E-state index in [0.29, 0.717) is 18.0 Å². The normalized spacial score (nSPS) is 12.4. The molecule has 0 saturated heterocycles. The van der Waals surface area contributed by atoms with Gasteiger partial charge >= 0.3 is 0 Å². The van der Waals surface area contributed by atoms with E-state index in [1.165, 1.54) is 6.07 Å². The molecular weight excluding hydrogens is 273 g/mol. The van der Waals surface area contributed by atoms with Crippen LogP contribution in [0.1, 0.15) is 22.9 Å². The van der Waals surface area contributed by atoms with Crippen LogP contribution in [-0.4, -0.2) is 28.5 Å². The second-order valence-electron chi connectivity index (χ2n) is 4.87. The number of rotatable bonds is 6. The van der Waals surface area contributed by atoms with E-state index >= 15 is 0 Å². The molecule has 1 heterocycles. The Hall–Kier alpha value is -1.92. The maximum absolute atomic E-state index is 13.6. The van der Waals surface area contributed by atoms with Crippen LogP contribution in [0.25, 0.3) is 0 Å². The zero-order chi connectivity index (χ0) is 15.4. The third-order valence-corrected chi connectivity index (χ3v) is 3.39. The summed E-state index contributed by atoms with van der Waals surface area (Å²) in [6, 6.07) is 6.23. The van der Waals surface area contributed by atoms with Crippen LogP contribution >= 0.6 is 0 Å². The van der Waals surface area contributed by atoms with Gasteiger partial charge in [-0.05, 0) is 13.0 Å². The minimum absolute atomic E-state index is 0.248. The van der Waals surface area contributed by atoms with Crippen molar-refractivity contribution in [1.29, 1.82) is 0 Å². The van der Waals surface area contributed by atoms with Gasteiger partial charge in [-0.1, -0.05) is 18.2 Å². The van der Waals surface area contributed by atoms with Crippen LogP contribution in [0.3, 0.4) is 0 Å². The van der Waals surface area contributed by atoms with E-state index in [0.717, 1.165) is 11.3 Å². The molecule has 0 fully saturated rings. The summed E-state index contributed by atoms with van der Waals surface area (Å²) < 4.78 is 20.5. The van der Waals surface area contributed by atoms with E-state index < -0.39 is 11.9 Å². The van der Waals surface area contributed by atoms with Gasteiger partial charge in [0.15, 0.2) is 0 Å². The van der Waals surface area contributed by atoms with Crippen molar-refractivity contribution in [1.82, 2.24) is 15.1 Å². The number of methoxy groups -OCH3 is 1. The Balaban J connectivity index is 1.97. The summed E-state index contributed by atoms with van der Waals surface area (Å²) >= 11 is 0. The molecule has 2 rings (SSSR count). The molecule has 0 aliphatic carbocycles. The van der Waals surface area contributed by atoms with Crippen molar-refractivity contribution in [2.24, 2.45) is 7.05 Å². The van der Waals surface area contributed by atoms with Gasteiger partial charge in [-0.15, -0.1) is 0 Å². The van der Waals surface area contributed by atoms with Crippen molar-refractivity contribution in [3.63, 3.8) is 0 Å². The summed E-state index contributed by atoms with van der Waals surface area (Å²) in [5, 5.41) is 17.4. The highest BCUT2D eigenvalue weighted by Crippen LogP contribution is 2.21. The molecule has 0 saturated carbocycles. The lowest BCUT2D eigenvalue weighted by molar-refractivity contribution is 0.169. The van der Waals surface area contributed by atoms with E-state index in [4.69, 9.17) is 4.74 Å². The number of ether oxygens (including phenoxy) is 1. The lowest BCUT2D eigenvalue weighted by Gasteiger charge is -2.13. The summed E-state index contributed by atoms with van der Waals surface area (Å²) in [6.45, 7) is 2.64. The standard InChI is InChI=1S/C15H20FN3O2/c1-10-12(15(21-3)19(2)18-10)8-17-9-14(20)11-6-4-5-7-13(11)16/h4-7,14,17,20H,8-9H2,1-3H3. The van der Waals surface area contributed by atoms with Gasteiger partial charge in [0.05, 0.1) is 24.5 Å². The maximum atomic E-state index is 13.6. The zero-order valence-corrected chi connectivity index (χ0v) is 12.4. The molecule has 6 heteroatoms. The predicted octanol–water partition coefficient (Wildman–Crippen LogP) is 1.70. The second-order valence-corrected chi connectivity index (χ2v) is 4.87. The van der Waals surface area contributed by atoms with Crippen LogP contribution in [0.5, 0.6) is 5.88 Å². The topological polar surface area (TPSA) is 59.3 Å². The molecule has 1 aromatic carbocycles. The van der Waals surface area contributed by atoms with Crippen LogP contribution in [0.2, 0.25) is 0 Å². The highest BCUT2D eigenvalue weighted by Gasteiger charge is 2.15. The molecule has 0 aliphatic rings. The number of halogens is 1. The number of hydrogen-bond donors (Lipinski definition) is 2. The first-order chi connectivity index (χ1) is 10.0. The predicted molar refractivity (Wildman–Crippen MR) is 77.6 cm³/mol. The van der Waals surface area contributed by atoms with Crippen LogP contribution in [0, 0.1) is 12.7 Å². The molecule has 114 valence electrons. The second kappa shape index (κ2) is 6.69. The van der Waals surface area contributed by atoms with Gasteiger partial charge in [0.25, 0.3) is 0 Å². The monoisotopic (exact) mass is 293 g/mol. The molecule has 1 unspecified atom stereocenters. The average molecular weight is 293 g/mol. The minimum atomic E-state index is -0.894. The van der Waals surface area contributed by atoms with Gasteiger partial charge < -0.3 is 15.2 Å². The lowest BCUT2D eigenvalue weighted by atomic mass is 10.1. The van der Waals surface area contributed by atoms with Crippen LogP contribution < -0.4 is 10.1 Å². The average Bonchev–Trinajstić information content (AvgIpc) is 2.73. The Morgan fingerprint density at radius 1 is 1.43 bits per heavy atom. The molecule has 21 heavy (non-hydrogen) atoms. The molecule has 0 amide bonds. The number of nitrogens with one attached hydrogen (secondary N) is 1. The fraction of sp³-hybridized carbons (Fsp3) is 0.400. The number of aliphatic hydroxyl groups excluding tert-OH is 1. The molecule has 0 radical (unpaired) electrons. The van der Waals surface area contributed by atoms with Crippen molar-refractivity contribution >= 4 is 0 Å². The number of aromatic nitrogens is 2. The zero-order valence-electron chi connectivity index (χ0n) is 12.4. The van der Waals surface area contributed by atoms with E-state index in [1.54, 1.807) is 30.0 Å². The number of aryl methyl sites for hydroxylation is 2. The Bertz CT molecular complexity index is 613. The molecule has 1 aromatic heterocycles. The molecule has 0 bridgehead atoms. The van der Waals surface area contributed by atoms with Crippen molar-refractivity contribution in [2.45, 2.75) is 19.6 Å². The first-order valence-corrected chi connectivity index (χ1v) is 6.74. The van der Waals surface area contributed by atoms with Crippen LogP contribution in [0.4, 0.5) is 4.39 Å². The van der Waals surface area contributed by atoms with Crippen molar-refractivity contribution in [3.8, 4) is 5.88 Å². The fourth-order valence-electron chi connectivity index (χ4n) is 2.33. The van der Waals surface area contributed by atoms with E-state index in [9.17, 15) is 9.50 Å². The van der Waals surface area contributed by atoms with E-state index in [2.05, 4.69) is 10.4 Å². The van der Waals surface area contributed by atoms with Crippen LogP contribution in [-0.2, 0) is 13.6 Å². The molecule has 0 aliphatic heterocycles. The van der Waals surface area contributed by atoms with E-state index in [-0.39, 0.29) is 6.54 Å². The van der Waals surface area contributed by atoms with Gasteiger partial charge in [-0.25, -0.2) is 9.07 Å². The van der Waals surface area contributed by atoms with E-state index in [1.807, 2.05) is 14.0 Å². The minimum Gasteiger partial charge on any atom is -0.481 e. The van der Waals surface area contributed by atoms with Gasteiger partial charge in [0.1, 0.15) is 5.82 Å². The van der Waals surface area contributed by atoms with Gasteiger partial charge in [0.2, 0.25) is 5.88 Å². The maximum Gasteiger partial charge on any atom is 0.216 e. The number of benzene rings is 1. The largest absolute Gasteiger partial charge is 0.481 e. The Morgan fingerprint density at radius 3 is 2.81 bits per heavy atom. The SMILES string of the molecule is COc1c(CNCC(O)c2ccccc2F)c(C)nn1C. The summed E-state index contributed by atoms with van der Waals surface area (Å²) in [4.78, 5) is 0. The molecular formula is C15H20FN3O2. The molecule has 1 atom stereocenters. The highest BCUT2D eigenvalue weighted by atomic mass is 19.1. The summed E-state index contributed by atoms with van der Waals surface area (Å²) in [7, 11) is 3.40. The number of aliphatic hydroxyl groups is 1. The Labute approximate surface area is 123 Å². The van der Waals surface area contributed by atoms with Crippen molar-refractivity contribution in [3.05, 3.63) is 46.9 Å². The summed E-state index contributed by atoms with van der Waals surface area (Å²) in [5.74, 6) is 0.280. The molecule has 2 aromatic rings. The lowest BCUT2D eigenvalue weighted by Crippen LogP contribution is -2.22. The fourth-order valence-corrected chi connectivity index (χ4v) is 2.33. The smallest absolute Gasteiger partial charge is 0.216 e. The van der Waals surface area contributed by atoms with Crippen molar-refractivity contribution < 1.29 is 14.2 Å². The first-order valence-electron chi connectivity index (χ1n) is 6.74. The molecule has 0 spiro atoms. The van der Waals surface area contributed by atoms with Gasteiger partial charge in [-0.2, -0.15) is 5.10 Å².